The van der Waals surface area contributed by atoms with Crippen molar-refractivity contribution in [2.45, 2.75) is 43.9 Å². The maximum Gasteiger partial charge on any atom is 0.144 e. The molecule has 0 amide bonds. The smallest absolute Gasteiger partial charge is 0.144 e. The number of hydrogen-bond donors (Lipinski definition) is 1. The Morgan fingerprint density at radius 1 is 1.44 bits per heavy atom. The van der Waals surface area contributed by atoms with Crippen molar-refractivity contribution in [1.29, 1.82) is 5.26 Å². The highest BCUT2D eigenvalue weighted by Gasteiger charge is 2.22. The molecule has 2 unspecified atom stereocenters. The van der Waals surface area contributed by atoms with Gasteiger partial charge in [0.15, 0.2) is 0 Å². The van der Waals surface area contributed by atoms with Crippen LogP contribution in [0.4, 0.5) is 5.82 Å². The van der Waals surface area contributed by atoms with Crippen molar-refractivity contribution in [1.82, 2.24) is 4.98 Å². The van der Waals surface area contributed by atoms with Gasteiger partial charge < -0.3 is 5.32 Å². The van der Waals surface area contributed by atoms with Crippen molar-refractivity contribution < 1.29 is 0 Å². The first kappa shape index (κ1) is 13.2. The van der Waals surface area contributed by atoms with Crippen LogP contribution in [0.1, 0.15) is 36.9 Å². The Kier molecular flexibility index (Phi) is 4.48. The number of rotatable bonds is 3. The molecule has 1 aromatic heterocycles. The molecular formula is C14H19N3S. The van der Waals surface area contributed by atoms with Crippen LogP contribution in [0.15, 0.2) is 12.1 Å². The summed E-state index contributed by atoms with van der Waals surface area (Å²) >= 11 is 1.95. The second kappa shape index (κ2) is 6.10. The highest BCUT2D eigenvalue weighted by molar-refractivity contribution is 7.99. The standard InChI is InChI=1S/C14H19N3S/c1-10-6-7-11(9-15)14(16-10)17-12-4-3-5-13(8-12)18-2/h6-7,12-13H,3-5,8H2,1-2H3,(H,16,17). The van der Waals surface area contributed by atoms with Crippen molar-refractivity contribution in [2.75, 3.05) is 11.6 Å². The van der Waals surface area contributed by atoms with Gasteiger partial charge in [0.2, 0.25) is 0 Å². The Hall–Kier alpha value is -1.21. The van der Waals surface area contributed by atoms with Gasteiger partial charge in [0, 0.05) is 17.0 Å². The van der Waals surface area contributed by atoms with Crippen molar-refractivity contribution in [2.24, 2.45) is 0 Å². The molecule has 0 bridgehead atoms. The summed E-state index contributed by atoms with van der Waals surface area (Å²) in [4.78, 5) is 4.45. The lowest BCUT2D eigenvalue weighted by molar-refractivity contribution is 0.472. The third kappa shape index (κ3) is 3.17. The first-order valence-electron chi connectivity index (χ1n) is 6.40. The number of nitrogens with zero attached hydrogens (tertiary/aromatic N) is 2. The molecule has 0 aliphatic heterocycles. The highest BCUT2D eigenvalue weighted by atomic mass is 32.2. The Morgan fingerprint density at radius 3 is 3.00 bits per heavy atom. The molecule has 0 spiro atoms. The van der Waals surface area contributed by atoms with E-state index in [1.54, 1.807) is 0 Å². The Bertz CT molecular complexity index is 453. The Labute approximate surface area is 113 Å². The fourth-order valence-corrected chi connectivity index (χ4v) is 3.27. The molecule has 1 N–H and O–H groups in total. The highest BCUT2D eigenvalue weighted by Crippen LogP contribution is 2.29. The summed E-state index contributed by atoms with van der Waals surface area (Å²) in [7, 11) is 0. The molecule has 0 saturated heterocycles. The van der Waals surface area contributed by atoms with Gasteiger partial charge in [-0.1, -0.05) is 6.42 Å². The van der Waals surface area contributed by atoms with Gasteiger partial charge in [-0.3, -0.25) is 0 Å². The van der Waals surface area contributed by atoms with Crippen LogP contribution in [0.5, 0.6) is 0 Å². The zero-order valence-electron chi connectivity index (χ0n) is 10.9. The van der Waals surface area contributed by atoms with E-state index in [9.17, 15) is 0 Å². The van der Waals surface area contributed by atoms with Crippen molar-refractivity contribution in [3.63, 3.8) is 0 Å². The van der Waals surface area contributed by atoms with Crippen LogP contribution < -0.4 is 5.32 Å². The second-order valence-corrected chi connectivity index (χ2v) is 5.96. The molecule has 0 aromatic carbocycles. The van der Waals surface area contributed by atoms with Crippen molar-refractivity contribution in [3.8, 4) is 6.07 Å². The summed E-state index contributed by atoms with van der Waals surface area (Å²) in [6.45, 7) is 1.96. The average molecular weight is 261 g/mol. The van der Waals surface area contributed by atoms with E-state index >= 15 is 0 Å². The van der Waals surface area contributed by atoms with Gasteiger partial charge in [0.25, 0.3) is 0 Å². The molecule has 1 aliphatic carbocycles. The summed E-state index contributed by atoms with van der Waals surface area (Å²) in [6, 6.07) is 6.39. The van der Waals surface area contributed by atoms with E-state index in [2.05, 4.69) is 22.6 Å². The van der Waals surface area contributed by atoms with Gasteiger partial charge in [-0.25, -0.2) is 4.98 Å². The number of thioether (sulfide) groups is 1. The first-order valence-corrected chi connectivity index (χ1v) is 7.69. The predicted molar refractivity (Wildman–Crippen MR) is 76.9 cm³/mol. The number of pyridine rings is 1. The fourth-order valence-electron chi connectivity index (χ4n) is 2.44. The Morgan fingerprint density at radius 2 is 2.28 bits per heavy atom. The van der Waals surface area contributed by atoms with Crippen molar-refractivity contribution in [3.05, 3.63) is 23.4 Å². The van der Waals surface area contributed by atoms with Crippen LogP contribution in [0.3, 0.4) is 0 Å². The minimum absolute atomic E-state index is 0.456. The summed E-state index contributed by atoms with van der Waals surface area (Å²) < 4.78 is 0. The molecule has 1 fully saturated rings. The molecular weight excluding hydrogens is 242 g/mol. The largest absolute Gasteiger partial charge is 0.366 e. The van der Waals surface area contributed by atoms with E-state index in [0.717, 1.165) is 16.8 Å². The number of anilines is 1. The number of aryl methyl sites for hydroxylation is 1. The van der Waals surface area contributed by atoms with Gasteiger partial charge >= 0.3 is 0 Å². The zero-order valence-corrected chi connectivity index (χ0v) is 11.8. The topological polar surface area (TPSA) is 48.7 Å². The van der Waals surface area contributed by atoms with Crippen LogP contribution in [0, 0.1) is 18.3 Å². The fraction of sp³-hybridized carbons (Fsp3) is 0.571. The van der Waals surface area contributed by atoms with Crippen LogP contribution in [0.2, 0.25) is 0 Å². The maximum atomic E-state index is 9.10. The molecule has 18 heavy (non-hydrogen) atoms. The number of aromatic nitrogens is 1. The summed E-state index contributed by atoms with van der Waals surface area (Å²) in [6.07, 6.45) is 7.10. The van der Waals surface area contributed by atoms with Crippen molar-refractivity contribution >= 4 is 17.6 Å². The zero-order chi connectivity index (χ0) is 13.0. The monoisotopic (exact) mass is 261 g/mol. The molecule has 1 aromatic rings. The van der Waals surface area contributed by atoms with E-state index in [1.807, 2.05) is 30.8 Å². The first-order chi connectivity index (χ1) is 8.72. The second-order valence-electron chi connectivity index (χ2n) is 4.83. The molecule has 3 nitrogen and oxygen atoms in total. The van der Waals surface area contributed by atoms with Crippen LogP contribution in [0.25, 0.3) is 0 Å². The van der Waals surface area contributed by atoms with Gasteiger partial charge in [-0.2, -0.15) is 17.0 Å². The summed E-state index contributed by atoms with van der Waals surface area (Å²) in [5.74, 6) is 0.754. The van der Waals surface area contributed by atoms with Gasteiger partial charge in [-0.05, 0) is 44.6 Å². The summed E-state index contributed by atoms with van der Waals surface area (Å²) in [5.41, 5.74) is 1.60. The van der Waals surface area contributed by atoms with E-state index < -0.39 is 0 Å². The lowest BCUT2D eigenvalue weighted by Gasteiger charge is -2.29. The predicted octanol–water partition coefficient (Wildman–Crippen LogP) is 3.35. The lowest BCUT2D eigenvalue weighted by Crippen LogP contribution is -2.29. The van der Waals surface area contributed by atoms with Crippen LogP contribution in [-0.2, 0) is 0 Å². The number of hydrogen-bond acceptors (Lipinski definition) is 4. The molecule has 2 atom stereocenters. The Balaban J connectivity index is 2.09. The molecule has 1 saturated carbocycles. The lowest BCUT2D eigenvalue weighted by atomic mass is 9.95. The average Bonchev–Trinajstić information content (AvgIpc) is 2.39. The minimum Gasteiger partial charge on any atom is -0.366 e. The molecule has 96 valence electrons. The van der Waals surface area contributed by atoms with Crippen LogP contribution >= 0.6 is 11.8 Å². The number of nitrogens with one attached hydrogen (secondary N) is 1. The van der Waals surface area contributed by atoms with E-state index in [0.29, 0.717) is 11.6 Å². The van der Waals surface area contributed by atoms with E-state index in [1.165, 1.54) is 25.7 Å². The third-order valence-electron chi connectivity index (χ3n) is 3.46. The van der Waals surface area contributed by atoms with Gasteiger partial charge in [-0.15, -0.1) is 0 Å². The minimum atomic E-state index is 0.456. The molecule has 1 aliphatic rings. The third-order valence-corrected chi connectivity index (χ3v) is 4.55. The van der Waals surface area contributed by atoms with Gasteiger partial charge in [0.05, 0.1) is 5.56 Å². The van der Waals surface area contributed by atoms with E-state index in [-0.39, 0.29) is 0 Å². The molecule has 1 heterocycles. The molecule has 0 radical (unpaired) electrons. The normalized spacial score (nSPS) is 23.4. The summed E-state index contributed by atoms with van der Waals surface area (Å²) in [5, 5.41) is 13.3. The number of nitriles is 1. The van der Waals surface area contributed by atoms with E-state index in [4.69, 9.17) is 5.26 Å². The molecule has 2 rings (SSSR count). The van der Waals surface area contributed by atoms with Gasteiger partial charge in [0.1, 0.15) is 11.9 Å². The SMILES string of the molecule is CSC1CCCC(Nc2nc(C)ccc2C#N)C1. The molecule has 4 heteroatoms. The quantitative estimate of drug-likeness (QED) is 0.906. The van der Waals surface area contributed by atoms with Crippen LogP contribution in [-0.4, -0.2) is 22.5 Å². The maximum absolute atomic E-state index is 9.10.